The van der Waals surface area contributed by atoms with Gasteiger partial charge in [0.1, 0.15) is 0 Å². The van der Waals surface area contributed by atoms with Gasteiger partial charge in [0.25, 0.3) is 0 Å². The van der Waals surface area contributed by atoms with Crippen molar-refractivity contribution in [2.45, 2.75) is 19.3 Å². The van der Waals surface area contributed by atoms with Crippen LogP contribution >= 0.6 is 12.2 Å². The lowest BCUT2D eigenvalue weighted by molar-refractivity contribution is 0.336. The fourth-order valence-corrected chi connectivity index (χ4v) is 2.46. The van der Waals surface area contributed by atoms with Crippen LogP contribution in [0.3, 0.4) is 0 Å². The molecule has 0 radical (unpaired) electrons. The summed E-state index contributed by atoms with van der Waals surface area (Å²) in [6, 6.07) is 0. The minimum atomic E-state index is 0.517. The third-order valence-corrected chi connectivity index (χ3v) is 3.17. The Morgan fingerprint density at radius 2 is 1.73 bits per heavy atom. The lowest BCUT2D eigenvalue weighted by Crippen LogP contribution is -2.27. The Kier molecular flexibility index (Phi) is 1.72. The minimum absolute atomic E-state index is 0.517. The molecule has 2 unspecified atom stereocenters. The van der Waals surface area contributed by atoms with Crippen molar-refractivity contribution in [1.82, 2.24) is 0 Å². The maximum atomic E-state index is 5.62. The largest absolute Gasteiger partial charge is 0.393 e. The summed E-state index contributed by atoms with van der Waals surface area (Å²) in [5, 5.41) is 0. The molecule has 2 aliphatic carbocycles. The Morgan fingerprint density at radius 3 is 2.18 bits per heavy atom. The molecule has 2 N–H and O–H groups in total. The second-order valence-corrected chi connectivity index (χ2v) is 4.18. The molecule has 0 aromatic rings. The molecule has 0 aliphatic heterocycles. The third-order valence-electron chi connectivity index (χ3n) is 2.84. The standard InChI is InChI=1S/C9H13NS/c10-9(11)8-4-6-1-2-7(3-6)5-8/h1-2,6-8H,3-5H2,(H2,10,11). The summed E-state index contributed by atoms with van der Waals surface area (Å²) in [5.74, 6) is 2.07. The molecule has 2 atom stereocenters. The summed E-state index contributed by atoms with van der Waals surface area (Å²) in [6.07, 6.45) is 8.41. The molecule has 0 heterocycles. The van der Waals surface area contributed by atoms with E-state index in [9.17, 15) is 0 Å². The quantitative estimate of drug-likeness (QED) is 0.476. The first-order valence-electron chi connectivity index (χ1n) is 4.23. The number of hydrogen-bond acceptors (Lipinski definition) is 1. The van der Waals surface area contributed by atoms with Crippen LogP contribution in [-0.2, 0) is 0 Å². The van der Waals surface area contributed by atoms with Crippen LogP contribution < -0.4 is 5.73 Å². The zero-order valence-electron chi connectivity index (χ0n) is 6.49. The molecular weight excluding hydrogens is 154 g/mol. The Bertz CT molecular complexity index is 196. The molecule has 2 bridgehead atoms. The van der Waals surface area contributed by atoms with Gasteiger partial charge >= 0.3 is 0 Å². The predicted molar refractivity (Wildman–Crippen MR) is 50.2 cm³/mol. The summed E-state index contributed by atoms with van der Waals surface area (Å²) in [5.41, 5.74) is 5.62. The van der Waals surface area contributed by atoms with Crippen molar-refractivity contribution in [2.75, 3.05) is 0 Å². The average Bonchev–Trinajstić information content (AvgIpc) is 2.30. The lowest BCUT2D eigenvalue weighted by atomic mass is 9.80. The Balaban J connectivity index is 2.06. The maximum absolute atomic E-state index is 5.62. The van der Waals surface area contributed by atoms with Crippen molar-refractivity contribution in [3.63, 3.8) is 0 Å². The zero-order chi connectivity index (χ0) is 7.84. The highest BCUT2D eigenvalue weighted by Gasteiger charge is 2.31. The van der Waals surface area contributed by atoms with Gasteiger partial charge in [-0.15, -0.1) is 0 Å². The molecule has 0 saturated heterocycles. The summed E-state index contributed by atoms with van der Waals surface area (Å²) in [6.45, 7) is 0. The maximum Gasteiger partial charge on any atom is 0.0759 e. The van der Waals surface area contributed by atoms with E-state index < -0.39 is 0 Å². The SMILES string of the molecule is NC(=S)C1CC2C=CC(C2)C1. The number of nitrogens with two attached hydrogens (primary N) is 1. The highest BCUT2D eigenvalue weighted by molar-refractivity contribution is 7.80. The molecule has 2 aliphatic rings. The number of fused-ring (bicyclic) bond motifs is 2. The highest BCUT2D eigenvalue weighted by atomic mass is 32.1. The molecule has 1 fully saturated rings. The van der Waals surface area contributed by atoms with Gasteiger partial charge < -0.3 is 5.73 Å². The average molecular weight is 167 g/mol. The van der Waals surface area contributed by atoms with E-state index >= 15 is 0 Å². The van der Waals surface area contributed by atoms with Crippen molar-refractivity contribution in [2.24, 2.45) is 23.5 Å². The second-order valence-electron chi connectivity index (χ2n) is 3.71. The van der Waals surface area contributed by atoms with E-state index in [2.05, 4.69) is 12.2 Å². The van der Waals surface area contributed by atoms with E-state index in [0.29, 0.717) is 5.92 Å². The molecule has 0 aromatic heterocycles. The fraction of sp³-hybridized carbons (Fsp3) is 0.667. The Labute approximate surface area is 72.7 Å². The van der Waals surface area contributed by atoms with Crippen molar-refractivity contribution >= 4 is 17.2 Å². The van der Waals surface area contributed by atoms with Gasteiger partial charge in [-0.1, -0.05) is 24.4 Å². The molecule has 0 amide bonds. The van der Waals surface area contributed by atoms with Crippen molar-refractivity contribution in [3.8, 4) is 0 Å². The van der Waals surface area contributed by atoms with Gasteiger partial charge in [-0.25, -0.2) is 0 Å². The molecule has 2 heteroatoms. The molecule has 2 rings (SSSR count). The Hall–Kier alpha value is -0.370. The summed E-state index contributed by atoms with van der Waals surface area (Å²) < 4.78 is 0. The smallest absolute Gasteiger partial charge is 0.0759 e. The van der Waals surface area contributed by atoms with Crippen LogP contribution in [0.4, 0.5) is 0 Å². The zero-order valence-corrected chi connectivity index (χ0v) is 7.31. The first-order chi connectivity index (χ1) is 5.25. The number of thiocarbonyl (C=S) groups is 1. The Morgan fingerprint density at radius 1 is 1.18 bits per heavy atom. The monoisotopic (exact) mass is 167 g/mol. The molecule has 1 nitrogen and oxygen atoms in total. The molecular formula is C9H13NS. The van der Waals surface area contributed by atoms with Crippen LogP contribution in [0.5, 0.6) is 0 Å². The van der Waals surface area contributed by atoms with Crippen molar-refractivity contribution in [3.05, 3.63) is 12.2 Å². The first kappa shape index (κ1) is 7.29. The van der Waals surface area contributed by atoms with E-state index in [1.165, 1.54) is 19.3 Å². The van der Waals surface area contributed by atoms with Crippen LogP contribution in [0, 0.1) is 17.8 Å². The molecule has 60 valence electrons. The van der Waals surface area contributed by atoms with Crippen molar-refractivity contribution < 1.29 is 0 Å². The normalized spacial score (nSPS) is 40.9. The second kappa shape index (κ2) is 2.59. The lowest BCUT2D eigenvalue weighted by Gasteiger charge is -2.26. The van der Waals surface area contributed by atoms with Gasteiger partial charge in [0.2, 0.25) is 0 Å². The van der Waals surface area contributed by atoms with Gasteiger partial charge in [-0.3, -0.25) is 0 Å². The summed E-state index contributed by atoms with van der Waals surface area (Å²) >= 11 is 5.00. The molecule has 0 spiro atoms. The van der Waals surface area contributed by atoms with Gasteiger partial charge in [0.15, 0.2) is 0 Å². The summed E-state index contributed by atoms with van der Waals surface area (Å²) in [4.78, 5) is 0.725. The highest BCUT2D eigenvalue weighted by Crippen LogP contribution is 2.39. The van der Waals surface area contributed by atoms with E-state index in [4.69, 9.17) is 18.0 Å². The minimum Gasteiger partial charge on any atom is -0.393 e. The van der Waals surface area contributed by atoms with E-state index in [0.717, 1.165) is 16.8 Å². The third kappa shape index (κ3) is 1.32. The van der Waals surface area contributed by atoms with Crippen LogP contribution in [0.2, 0.25) is 0 Å². The van der Waals surface area contributed by atoms with Gasteiger partial charge in [0, 0.05) is 5.92 Å². The van der Waals surface area contributed by atoms with Gasteiger partial charge in [0.05, 0.1) is 4.99 Å². The van der Waals surface area contributed by atoms with Crippen LogP contribution in [0.1, 0.15) is 19.3 Å². The van der Waals surface area contributed by atoms with Crippen LogP contribution in [0.15, 0.2) is 12.2 Å². The van der Waals surface area contributed by atoms with Crippen molar-refractivity contribution in [1.29, 1.82) is 0 Å². The molecule has 0 aromatic carbocycles. The summed E-state index contributed by atoms with van der Waals surface area (Å²) in [7, 11) is 0. The predicted octanol–water partition coefficient (Wildman–Crippen LogP) is 1.87. The van der Waals surface area contributed by atoms with E-state index in [1.807, 2.05) is 0 Å². The molecule has 11 heavy (non-hydrogen) atoms. The first-order valence-corrected chi connectivity index (χ1v) is 4.64. The van der Waals surface area contributed by atoms with Gasteiger partial charge in [-0.2, -0.15) is 0 Å². The van der Waals surface area contributed by atoms with E-state index in [-0.39, 0.29) is 0 Å². The molecule has 1 saturated carbocycles. The topological polar surface area (TPSA) is 26.0 Å². The fourth-order valence-electron chi connectivity index (χ4n) is 2.27. The van der Waals surface area contributed by atoms with Crippen LogP contribution in [0.25, 0.3) is 0 Å². The van der Waals surface area contributed by atoms with Crippen LogP contribution in [-0.4, -0.2) is 4.99 Å². The number of hydrogen-bond donors (Lipinski definition) is 1. The van der Waals surface area contributed by atoms with Gasteiger partial charge in [-0.05, 0) is 31.1 Å². The van der Waals surface area contributed by atoms with E-state index in [1.54, 1.807) is 0 Å². The number of allylic oxidation sites excluding steroid dienone is 2. The number of rotatable bonds is 1.